The molecule has 0 saturated carbocycles. The lowest BCUT2D eigenvalue weighted by atomic mass is 10.1. The summed E-state index contributed by atoms with van der Waals surface area (Å²) >= 11 is 1.55. The Bertz CT molecular complexity index is 705. The Morgan fingerprint density at radius 1 is 1.04 bits per heavy atom. The summed E-state index contributed by atoms with van der Waals surface area (Å²) in [6.07, 6.45) is 0. The molecule has 1 heterocycles. The van der Waals surface area contributed by atoms with Gasteiger partial charge in [0.25, 0.3) is 0 Å². The van der Waals surface area contributed by atoms with Crippen LogP contribution in [0.15, 0.2) is 53.4 Å². The number of hydrogen-bond donors (Lipinski definition) is 1. The van der Waals surface area contributed by atoms with Gasteiger partial charge in [-0.15, -0.1) is 11.8 Å². The van der Waals surface area contributed by atoms with Crippen LogP contribution >= 0.6 is 11.8 Å². The van der Waals surface area contributed by atoms with E-state index in [9.17, 15) is 4.79 Å². The van der Waals surface area contributed by atoms with Crippen LogP contribution in [0.4, 0.5) is 0 Å². The fourth-order valence-electron chi connectivity index (χ4n) is 2.50. The van der Waals surface area contributed by atoms with Crippen molar-refractivity contribution in [2.24, 2.45) is 0 Å². The summed E-state index contributed by atoms with van der Waals surface area (Å²) in [5, 5.41) is 2.91. The van der Waals surface area contributed by atoms with Crippen molar-refractivity contribution in [3.05, 3.63) is 54.1 Å². The molecule has 4 nitrogen and oxygen atoms in total. The Hall–Kier alpha value is -2.14. The van der Waals surface area contributed by atoms with Crippen molar-refractivity contribution in [2.75, 3.05) is 13.2 Å². The zero-order chi connectivity index (χ0) is 16.9. The molecule has 2 aromatic carbocycles. The molecule has 0 saturated heterocycles. The van der Waals surface area contributed by atoms with Crippen LogP contribution in [0.1, 0.15) is 25.5 Å². The molecule has 0 bridgehead atoms. The highest BCUT2D eigenvalue weighted by Crippen LogP contribution is 2.32. The fraction of sp³-hybridized carbons (Fsp3) is 0.316. The molecule has 0 radical (unpaired) electrons. The number of ether oxygens (including phenoxy) is 2. The second-order valence-corrected chi connectivity index (χ2v) is 7.12. The van der Waals surface area contributed by atoms with E-state index in [0.29, 0.717) is 13.2 Å². The van der Waals surface area contributed by atoms with Crippen LogP contribution in [-0.2, 0) is 4.79 Å². The lowest BCUT2D eigenvalue weighted by Crippen LogP contribution is -2.33. The van der Waals surface area contributed by atoms with Gasteiger partial charge >= 0.3 is 0 Å². The van der Waals surface area contributed by atoms with E-state index in [-0.39, 0.29) is 17.2 Å². The van der Waals surface area contributed by atoms with Crippen LogP contribution in [0, 0.1) is 0 Å². The van der Waals surface area contributed by atoms with E-state index in [2.05, 4.69) is 5.32 Å². The quantitative estimate of drug-likeness (QED) is 0.839. The minimum atomic E-state index is -0.160. The maximum atomic E-state index is 12.4. The van der Waals surface area contributed by atoms with Gasteiger partial charge in [-0.05, 0) is 43.7 Å². The maximum Gasteiger partial charge on any atom is 0.233 e. The lowest BCUT2D eigenvalue weighted by Gasteiger charge is -2.22. The van der Waals surface area contributed by atoms with Gasteiger partial charge in [-0.25, -0.2) is 0 Å². The van der Waals surface area contributed by atoms with Gasteiger partial charge in [0.1, 0.15) is 13.2 Å². The summed E-state index contributed by atoms with van der Waals surface area (Å²) in [6.45, 7) is 5.03. The number of thioether (sulfide) groups is 1. The number of nitrogens with one attached hydrogen (secondary N) is 1. The molecule has 1 amide bonds. The molecule has 1 aliphatic rings. The number of rotatable bonds is 5. The predicted molar refractivity (Wildman–Crippen MR) is 95.8 cm³/mol. The first-order chi connectivity index (χ1) is 11.6. The molecular formula is C19H21NO3S. The molecule has 24 heavy (non-hydrogen) atoms. The van der Waals surface area contributed by atoms with Gasteiger partial charge in [-0.1, -0.05) is 24.3 Å². The smallest absolute Gasteiger partial charge is 0.233 e. The van der Waals surface area contributed by atoms with Crippen molar-refractivity contribution in [1.29, 1.82) is 0 Å². The number of carbonyl (C=O) groups is 1. The van der Waals surface area contributed by atoms with E-state index < -0.39 is 0 Å². The van der Waals surface area contributed by atoms with E-state index in [1.54, 1.807) is 11.8 Å². The normalized spacial score (nSPS) is 15.4. The first kappa shape index (κ1) is 16.7. The fourth-order valence-corrected chi connectivity index (χ4v) is 3.40. The SMILES string of the molecule is C[C@@H](Sc1ccccc1)C(=O)N[C@H](C)c1ccc2c(c1)OCCO2. The molecule has 2 aromatic rings. The lowest BCUT2D eigenvalue weighted by molar-refractivity contribution is -0.120. The highest BCUT2D eigenvalue weighted by Gasteiger charge is 2.19. The summed E-state index contributed by atoms with van der Waals surface area (Å²) in [6, 6.07) is 15.7. The first-order valence-electron chi connectivity index (χ1n) is 8.05. The van der Waals surface area contributed by atoms with Crippen molar-refractivity contribution in [3.63, 3.8) is 0 Å². The third-order valence-corrected chi connectivity index (χ3v) is 4.96. The molecule has 0 fully saturated rings. The number of hydrogen-bond acceptors (Lipinski definition) is 4. The van der Waals surface area contributed by atoms with Crippen molar-refractivity contribution in [2.45, 2.75) is 30.0 Å². The highest BCUT2D eigenvalue weighted by molar-refractivity contribution is 8.00. The van der Waals surface area contributed by atoms with E-state index >= 15 is 0 Å². The van der Waals surface area contributed by atoms with Crippen LogP contribution in [0.5, 0.6) is 11.5 Å². The third kappa shape index (κ3) is 4.03. The van der Waals surface area contributed by atoms with Crippen LogP contribution < -0.4 is 14.8 Å². The average molecular weight is 343 g/mol. The molecule has 3 rings (SSSR count). The number of amides is 1. The monoisotopic (exact) mass is 343 g/mol. The van der Waals surface area contributed by atoms with Crippen LogP contribution in [0.3, 0.4) is 0 Å². The van der Waals surface area contributed by atoms with Gasteiger partial charge in [0, 0.05) is 4.90 Å². The summed E-state index contributed by atoms with van der Waals surface area (Å²) < 4.78 is 11.1. The summed E-state index contributed by atoms with van der Waals surface area (Å²) in [5.41, 5.74) is 1.00. The molecule has 5 heteroatoms. The number of carbonyl (C=O) groups excluding carboxylic acids is 1. The first-order valence-corrected chi connectivity index (χ1v) is 8.93. The Morgan fingerprint density at radius 2 is 1.75 bits per heavy atom. The topological polar surface area (TPSA) is 47.6 Å². The summed E-state index contributed by atoms with van der Waals surface area (Å²) in [4.78, 5) is 13.5. The second-order valence-electron chi connectivity index (χ2n) is 5.71. The molecule has 2 atom stereocenters. The Balaban J connectivity index is 1.61. The maximum absolute atomic E-state index is 12.4. The van der Waals surface area contributed by atoms with E-state index in [4.69, 9.17) is 9.47 Å². The van der Waals surface area contributed by atoms with Gasteiger partial charge in [-0.2, -0.15) is 0 Å². The van der Waals surface area contributed by atoms with Crippen LogP contribution in [-0.4, -0.2) is 24.4 Å². The molecule has 126 valence electrons. The minimum Gasteiger partial charge on any atom is -0.486 e. The van der Waals surface area contributed by atoms with Crippen molar-refractivity contribution in [1.82, 2.24) is 5.32 Å². The van der Waals surface area contributed by atoms with E-state index in [1.807, 2.05) is 62.4 Å². The van der Waals surface area contributed by atoms with E-state index in [0.717, 1.165) is 22.0 Å². The van der Waals surface area contributed by atoms with E-state index in [1.165, 1.54) is 0 Å². The molecule has 0 unspecified atom stereocenters. The Labute approximate surface area is 146 Å². The highest BCUT2D eigenvalue weighted by atomic mass is 32.2. The largest absolute Gasteiger partial charge is 0.486 e. The molecule has 0 aromatic heterocycles. The Morgan fingerprint density at radius 3 is 2.50 bits per heavy atom. The second kappa shape index (κ2) is 7.62. The standard InChI is InChI=1S/C19H21NO3S/c1-13(15-8-9-17-18(12-15)23-11-10-22-17)20-19(21)14(2)24-16-6-4-3-5-7-16/h3-9,12-14H,10-11H2,1-2H3,(H,20,21)/t13-,14-/m1/s1. The molecule has 0 spiro atoms. The van der Waals surface area contributed by atoms with Crippen LogP contribution in [0.25, 0.3) is 0 Å². The predicted octanol–water partition coefficient (Wildman–Crippen LogP) is 3.82. The summed E-state index contributed by atoms with van der Waals surface area (Å²) in [7, 11) is 0. The van der Waals surface area contributed by atoms with Gasteiger partial charge in [0.05, 0.1) is 11.3 Å². The van der Waals surface area contributed by atoms with Gasteiger partial charge in [0.2, 0.25) is 5.91 Å². The van der Waals surface area contributed by atoms with Gasteiger partial charge in [-0.3, -0.25) is 4.79 Å². The van der Waals surface area contributed by atoms with Gasteiger partial charge < -0.3 is 14.8 Å². The van der Waals surface area contributed by atoms with Gasteiger partial charge in [0.15, 0.2) is 11.5 Å². The van der Waals surface area contributed by atoms with Crippen molar-refractivity contribution in [3.8, 4) is 11.5 Å². The zero-order valence-corrected chi connectivity index (χ0v) is 14.6. The number of fused-ring (bicyclic) bond motifs is 1. The zero-order valence-electron chi connectivity index (χ0n) is 13.8. The minimum absolute atomic E-state index is 0.0197. The molecule has 1 N–H and O–H groups in total. The number of benzene rings is 2. The molecular weight excluding hydrogens is 322 g/mol. The van der Waals surface area contributed by atoms with Crippen molar-refractivity contribution >= 4 is 17.7 Å². The molecule has 1 aliphatic heterocycles. The Kier molecular flexibility index (Phi) is 5.30. The molecule has 0 aliphatic carbocycles. The van der Waals surface area contributed by atoms with Crippen LogP contribution in [0.2, 0.25) is 0 Å². The third-order valence-electron chi connectivity index (χ3n) is 3.85. The van der Waals surface area contributed by atoms with Crippen molar-refractivity contribution < 1.29 is 14.3 Å². The summed E-state index contributed by atoms with van der Waals surface area (Å²) in [5.74, 6) is 1.52. The average Bonchev–Trinajstić information content (AvgIpc) is 2.62.